The van der Waals surface area contributed by atoms with E-state index in [2.05, 4.69) is 101 Å². The summed E-state index contributed by atoms with van der Waals surface area (Å²) < 4.78 is 68.4. The second-order valence-electron chi connectivity index (χ2n) is 25.6. The highest BCUT2D eigenvalue weighted by atomic mass is 31.2. The highest BCUT2D eigenvalue weighted by molar-refractivity contribution is 7.47. The quantitative estimate of drug-likeness (QED) is 0.0169. The Hall–Kier alpha value is -3.50. The van der Waals surface area contributed by atoms with Gasteiger partial charge in [0.15, 0.2) is 12.2 Å². The van der Waals surface area contributed by atoms with Crippen LogP contribution in [-0.2, 0) is 65.4 Å². The predicted octanol–water partition coefficient (Wildman–Crippen LogP) is 21.7. The van der Waals surface area contributed by atoms with Crippen LogP contribution in [0.5, 0.6) is 0 Å². The van der Waals surface area contributed by atoms with Gasteiger partial charge in [-0.3, -0.25) is 37.3 Å². The maximum absolute atomic E-state index is 13.1. The van der Waals surface area contributed by atoms with Crippen molar-refractivity contribution in [1.82, 2.24) is 0 Å². The first-order valence-electron chi connectivity index (χ1n) is 38.2. The molecule has 0 amide bonds. The number of hydrogen-bond acceptors (Lipinski definition) is 15. The van der Waals surface area contributed by atoms with Crippen molar-refractivity contribution in [3.63, 3.8) is 0 Å². The van der Waals surface area contributed by atoms with E-state index in [0.717, 1.165) is 135 Å². The van der Waals surface area contributed by atoms with Gasteiger partial charge in [-0.1, -0.05) is 287 Å². The Morgan fingerprint density at radius 1 is 0.302 bits per heavy atom. The van der Waals surface area contributed by atoms with Crippen molar-refractivity contribution in [1.29, 1.82) is 0 Å². The SMILES string of the molecule is CC/C=C\C/C=C\C/C=C\C/C=C\CCCCC(=O)OCC(COP(=O)(O)OCC(O)COP(=O)(O)OCC(COC(=O)CCCCCCC/C=C\C/C=C\CCCCC)OC(=O)CCCCCCCCCCCCC)OC(=O)CCCCCCCCCCCCCCCCC. The summed E-state index contributed by atoms with van der Waals surface area (Å²) in [5.74, 6) is -2.21. The largest absolute Gasteiger partial charge is 0.472 e. The summed E-state index contributed by atoms with van der Waals surface area (Å²) in [4.78, 5) is 72.8. The number of rotatable bonds is 72. The smallest absolute Gasteiger partial charge is 0.462 e. The van der Waals surface area contributed by atoms with Crippen molar-refractivity contribution in [2.75, 3.05) is 39.6 Å². The van der Waals surface area contributed by atoms with Crippen LogP contribution in [0.4, 0.5) is 0 Å². The number of ether oxygens (including phenoxy) is 4. The number of esters is 4. The van der Waals surface area contributed by atoms with Crippen LogP contribution in [0.3, 0.4) is 0 Å². The first-order chi connectivity index (χ1) is 46.7. The lowest BCUT2D eigenvalue weighted by Crippen LogP contribution is -2.30. The molecule has 0 aliphatic carbocycles. The molecule has 5 unspecified atom stereocenters. The fraction of sp³-hybridized carbons (Fsp3) is 0.792. The van der Waals surface area contributed by atoms with E-state index < -0.39 is 97.5 Å². The molecule has 0 aromatic heterocycles. The van der Waals surface area contributed by atoms with E-state index in [0.29, 0.717) is 25.7 Å². The lowest BCUT2D eigenvalue weighted by atomic mass is 10.0. The minimum atomic E-state index is -4.98. The van der Waals surface area contributed by atoms with Crippen molar-refractivity contribution >= 4 is 39.5 Å². The molecule has 0 rings (SSSR count). The van der Waals surface area contributed by atoms with Crippen molar-refractivity contribution < 1.29 is 80.2 Å². The minimum Gasteiger partial charge on any atom is -0.462 e. The number of phosphoric acid groups is 2. The Morgan fingerprint density at radius 3 is 0.875 bits per heavy atom. The number of carbonyl (C=O) groups excluding carboxylic acids is 4. The summed E-state index contributed by atoms with van der Waals surface area (Å²) in [6, 6.07) is 0. The van der Waals surface area contributed by atoms with Gasteiger partial charge < -0.3 is 33.8 Å². The van der Waals surface area contributed by atoms with E-state index in [-0.39, 0.29) is 25.7 Å². The van der Waals surface area contributed by atoms with Gasteiger partial charge in [0.1, 0.15) is 19.3 Å². The van der Waals surface area contributed by atoms with Gasteiger partial charge in [0.25, 0.3) is 0 Å². The summed E-state index contributed by atoms with van der Waals surface area (Å²) in [5, 5.41) is 10.6. The van der Waals surface area contributed by atoms with Gasteiger partial charge in [0.2, 0.25) is 0 Å². The summed E-state index contributed by atoms with van der Waals surface area (Å²) >= 11 is 0. The van der Waals surface area contributed by atoms with Crippen LogP contribution in [-0.4, -0.2) is 96.7 Å². The number of phosphoric ester groups is 2. The van der Waals surface area contributed by atoms with Crippen molar-refractivity contribution in [3.8, 4) is 0 Å². The first kappa shape index (κ1) is 92.5. The van der Waals surface area contributed by atoms with E-state index >= 15 is 0 Å². The zero-order valence-corrected chi connectivity index (χ0v) is 62.6. The predicted molar refractivity (Wildman–Crippen MR) is 390 cm³/mol. The molecule has 17 nitrogen and oxygen atoms in total. The standard InChI is InChI=1S/C77H138O17P2/c1-5-9-13-17-21-25-29-32-35-38-42-45-49-53-57-61-74(79)87-67-72(93-76(81)63-59-55-51-47-41-28-24-20-16-12-8-4)69-91-95(83,84)89-65-71(78)66-90-96(85,86)92-70-73(94-77(82)64-60-56-52-48-44-40-37-34-31-27-23-19-15-11-7-3)68-88-75(80)62-58-54-50-46-43-39-36-33-30-26-22-18-14-10-6-2/h10,14,21-22,25-26,32-33,35-36,43,46,71-73,78H,5-9,11-13,15-20,23-24,27-31,34,37-42,44-45,47-70H2,1-4H3,(H,83,84)(H,85,86)/b14-10-,25-21-,26-22-,35-32-,36-33-,46-43-. The molecule has 3 N–H and O–H groups in total. The fourth-order valence-corrected chi connectivity index (χ4v) is 11.9. The highest BCUT2D eigenvalue weighted by Gasteiger charge is 2.30. The van der Waals surface area contributed by atoms with E-state index in [1.54, 1.807) is 0 Å². The van der Waals surface area contributed by atoms with Crippen LogP contribution >= 0.6 is 15.6 Å². The van der Waals surface area contributed by atoms with Gasteiger partial charge in [-0.25, -0.2) is 9.13 Å². The molecule has 0 spiro atoms. The Morgan fingerprint density at radius 2 is 0.542 bits per heavy atom. The van der Waals surface area contributed by atoms with E-state index in [4.69, 9.17) is 37.0 Å². The zero-order valence-electron chi connectivity index (χ0n) is 60.8. The van der Waals surface area contributed by atoms with Gasteiger partial charge in [-0.05, 0) is 96.3 Å². The molecular weight excluding hydrogens is 1260 g/mol. The fourth-order valence-electron chi connectivity index (χ4n) is 10.4. The van der Waals surface area contributed by atoms with Gasteiger partial charge in [0, 0.05) is 25.7 Å². The molecule has 0 saturated heterocycles. The van der Waals surface area contributed by atoms with Crippen LogP contribution in [0, 0.1) is 0 Å². The molecule has 0 fully saturated rings. The molecule has 0 heterocycles. The Balaban J connectivity index is 5.34. The number of allylic oxidation sites excluding steroid dienone is 12. The monoisotopic (exact) mass is 1400 g/mol. The molecule has 0 aliphatic rings. The Labute approximate surface area is 583 Å². The summed E-state index contributed by atoms with van der Waals surface area (Å²) in [6.07, 6.45) is 69.0. The Bertz CT molecular complexity index is 2110. The number of hydrogen-bond donors (Lipinski definition) is 3. The minimum absolute atomic E-state index is 0.0911. The Kier molecular flexibility index (Phi) is 67.4. The normalized spacial score (nSPS) is 14.4. The van der Waals surface area contributed by atoms with Crippen molar-refractivity contribution in [2.24, 2.45) is 0 Å². The first-order valence-corrected chi connectivity index (χ1v) is 41.2. The second-order valence-corrected chi connectivity index (χ2v) is 28.5. The van der Waals surface area contributed by atoms with Crippen molar-refractivity contribution in [2.45, 2.75) is 354 Å². The van der Waals surface area contributed by atoms with Crippen LogP contribution in [0.25, 0.3) is 0 Å². The number of unbranched alkanes of at least 4 members (excludes halogenated alkanes) is 34. The maximum Gasteiger partial charge on any atom is 0.472 e. The molecule has 96 heavy (non-hydrogen) atoms. The maximum atomic E-state index is 13.1. The third kappa shape index (κ3) is 69.0. The van der Waals surface area contributed by atoms with Gasteiger partial charge in [0.05, 0.1) is 26.4 Å². The molecule has 0 aromatic rings. The second kappa shape index (κ2) is 70.0. The lowest BCUT2D eigenvalue weighted by Gasteiger charge is -2.21. The third-order valence-corrected chi connectivity index (χ3v) is 18.1. The molecular formula is C77H138O17P2. The van der Waals surface area contributed by atoms with Crippen LogP contribution in [0.1, 0.15) is 336 Å². The zero-order chi connectivity index (χ0) is 70.4. The molecule has 5 atom stereocenters. The van der Waals surface area contributed by atoms with Gasteiger partial charge in [-0.15, -0.1) is 0 Å². The molecule has 0 saturated carbocycles. The lowest BCUT2D eigenvalue weighted by molar-refractivity contribution is -0.161. The molecule has 0 aliphatic heterocycles. The van der Waals surface area contributed by atoms with Gasteiger partial charge in [-0.2, -0.15) is 0 Å². The van der Waals surface area contributed by atoms with E-state index in [1.165, 1.54) is 122 Å². The van der Waals surface area contributed by atoms with Gasteiger partial charge >= 0.3 is 39.5 Å². The van der Waals surface area contributed by atoms with Crippen LogP contribution in [0.2, 0.25) is 0 Å². The summed E-state index contributed by atoms with van der Waals surface area (Å²) in [6.45, 7) is 4.71. The average molecular weight is 1400 g/mol. The van der Waals surface area contributed by atoms with E-state index in [9.17, 15) is 43.2 Å². The molecule has 19 heteroatoms. The number of aliphatic hydroxyl groups excluding tert-OH is 1. The number of aliphatic hydroxyl groups is 1. The number of carbonyl (C=O) groups is 4. The molecule has 558 valence electrons. The third-order valence-electron chi connectivity index (χ3n) is 16.2. The topological polar surface area (TPSA) is 237 Å². The average Bonchev–Trinajstić information content (AvgIpc) is 1.09. The van der Waals surface area contributed by atoms with Crippen molar-refractivity contribution in [3.05, 3.63) is 72.9 Å². The molecule has 0 bridgehead atoms. The highest BCUT2D eigenvalue weighted by Crippen LogP contribution is 2.45. The van der Waals surface area contributed by atoms with E-state index in [1.807, 2.05) is 0 Å². The molecule has 0 radical (unpaired) electrons. The summed E-state index contributed by atoms with van der Waals surface area (Å²) in [7, 11) is -9.94. The van der Waals surface area contributed by atoms with Crippen LogP contribution < -0.4 is 0 Å². The van der Waals surface area contributed by atoms with Crippen LogP contribution in [0.15, 0.2) is 72.9 Å². The summed E-state index contributed by atoms with van der Waals surface area (Å²) in [5.41, 5.74) is 0. The molecule has 0 aromatic carbocycles.